The van der Waals surface area contributed by atoms with E-state index in [-0.39, 0.29) is 37.5 Å². The van der Waals surface area contributed by atoms with E-state index in [0.29, 0.717) is 42.0 Å². The molecule has 4 unspecified atom stereocenters. The average molecular weight is 995 g/mol. The third kappa shape index (κ3) is 8.25. The van der Waals surface area contributed by atoms with Crippen molar-refractivity contribution < 1.29 is 18.9 Å². The molecule has 22 heteroatoms. The van der Waals surface area contributed by atoms with Crippen LogP contribution in [0.2, 0.25) is 20.1 Å². The topological polar surface area (TPSA) is 131 Å². The number of anilines is 4. The lowest BCUT2D eigenvalue weighted by Crippen LogP contribution is -2.34. The van der Waals surface area contributed by atoms with E-state index in [1.54, 1.807) is 24.5 Å². The maximum absolute atomic E-state index is 7.26. The summed E-state index contributed by atoms with van der Waals surface area (Å²) in [4.78, 5) is 23.0. The van der Waals surface area contributed by atoms with Gasteiger partial charge in [-0.1, -0.05) is 72.1 Å². The van der Waals surface area contributed by atoms with Gasteiger partial charge in [-0.3, -0.25) is 0 Å². The van der Waals surface area contributed by atoms with E-state index in [2.05, 4.69) is 30.1 Å². The molecule has 0 bridgehead atoms. The van der Waals surface area contributed by atoms with Crippen LogP contribution in [0.25, 0.3) is 0 Å². The van der Waals surface area contributed by atoms with Gasteiger partial charge in [0.25, 0.3) is 0 Å². The number of hydrogen-bond acceptors (Lipinski definition) is 16. The SMILES string of the molecule is CN(c1ccc(Cl)cn1)c1csc(C2(Cn3ncnc3SSc3ncnn3CC3(c4csc(N(C)c5ccc(Cl)cn5)c4Cl)OC4CCCCC4O3)OC3CCCCC3O2)c1Cl. The highest BCUT2D eigenvalue weighted by molar-refractivity contribution is 8.76. The Morgan fingerprint density at radius 2 is 1.15 bits per heavy atom. The minimum Gasteiger partial charge on any atom is -0.338 e. The smallest absolute Gasteiger partial charge is 0.227 e. The molecule has 4 aliphatic rings. The molecular formula is C40H40Cl4N10O4S4. The zero-order valence-electron chi connectivity index (χ0n) is 33.4. The number of thiophene rings is 2. The first-order chi connectivity index (χ1) is 30.1. The first kappa shape index (κ1) is 43.2. The molecule has 8 heterocycles. The van der Waals surface area contributed by atoms with Gasteiger partial charge in [-0.15, -0.1) is 22.7 Å². The molecule has 14 nitrogen and oxygen atoms in total. The molecule has 2 saturated carbocycles. The van der Waals surface area contributed by atoms with Crippen LogP contribution in [0.15, 0.2) is 70.4 Å². The fraction of sp³-hybridized carbons (Fsp3) is 0.450. The predicted octanol–water partition coefficient (Wildman–Crippen LogP) is 11.2. The lowest BCUT2D eigenvalue weighted by molar-refractivity contribution is -0.196. The van der Waals surface area contributed by atoms with Crippen molar-refractivity contribution in [3.63, 3.8) is 0 Å². The summed E-state index contributed by atoms with van der Waals surface area (Å²) in [6, 6.07) is 7.32. The molecule has 10 rings (SSSR count). The van der Waals surface area contributed by atoms with Crippen molar-refractivity contribution in [3.05, 3.63) is 90.6 Å². The Morgan fingerprint density at radius 3 is 1.66 bits per heavy atom. The van der Waals surface area contributed by atoms with Crippen LogP contribution >= 0.6 is 90.7 Å². The van der Waals surface area contributed by atoms with Crippen LogP contribution in [-0.4, -0.2) is 78.0 Å². The minimum atomic E-state index is -1.20. The maximum atomic E-state index is 7.26. The number of aromatic nitrogens is 8. The highest BCUT2D eigenvalue weighted by Gasteiger charge is 2.54. The summed E-state index contributed by atoms with van der Waals surface area (Å²) < 4.78 is 31.3. The number of fused-ring (bicyclic) bond motifs is 2. The highest BCUT2D eigenvalue weighted by Crippen LogP contribution is 2.53. The summed E-state index contributed by atoms with van der Waals surface area (Å²) in [7, 11) is 6.66. The van der Waals surface area contributed by atoms with Crippen LogP contribution in [0.5, 0.6) is 0 Å². The first-order valence-corrected chi connectivity index (χ1v) is 25.6. The third-order valence-electron chi connectivity index (χ3n) is 11.7. The van der Waals surface area contributed by atoms with Crippen molar-refractivity contribution in [3.8, 4) is 0 Å². The third-order valence-corrected chi connectivity index (χ3v) is 17.4. The Morgan fingerprint density at radius 1 is 0.645 bits per heavy atom. The largest absolute Gasteiger partial charge is 0.338 e. The molecule has 2 aliphatic carbocycles. The standard InChI is InChI=1S/C40H40Cl4N10O4S4/c1-51(31-13-11-23(41)15-45-31)26-18-59-35(34(26)44)40(57-29-9-5-6-10-30(29)58-40)20-54-38(48-22-50-54)62-61-37-47-21-49-53(37)19-39(55-27-7-3-4-8-28(27)56-39)25-17-60-36(33(25)43)52(2)32-14-12-24(42)16-46-32/h11-18,21-22,27-30H,3-10,19-20H2,1-2H3. The molecule has 0 radical (unpaired) electrons. The Hall–Kier alpha value is -2.72. The summed E-state index contributed by atoms with van der Waals surface area (Å²) in [5.41, 5.74) is 1.52. The van der Waals surface area contributed by atoms with Gasteiger partial charge in [-0.2, -0.15) is 10.2 Å². The lowest BCUT2D eigenvalue weighted by atomic mass is 9.95. The van der Waals surface area contributed by atoms with Crippen LogP contribution in [0.1, 0.15) is 61.8 Å². The van der Waals surface area contributed by atoms with E-state index in [1.165, 1.54) is 56.9 Å². The molecule has 2 aliphatic heterocycles. The van der Waals surface area contributed by atoms with Crippen LogP contribution in [-0.2, 0) is 43.6 Å². The monoisotopic (exact) mass is 992 g/mol. The molecular weight excluding hydrogens is 955 g/mol. The zero-order valence-corrected chi connectivity index (χ0v) is 39.7. The summed E-state index contributed by atoms with van der Waals surface area (Å²) >= 11 is 29.8. The summed E-state index contributed by atoms with van der Waals surface area (Å²) in [6.07, 6.45) is 14.0. The van der Waals surface area contributed by atoms with Crippen molar-refractivity contribution in [1.29, 1.82) is 0 Å². The van der Waals surface area contributed by atoms with E-state index in [1.807, 2.05) is 56.2 Å². The fourth-order valence-electron chi connectivity index (χ4n) is 8.56. The fourth-order valence-corrected chi connectivity index (χ4v) is 13.8. The molecule has 6 aromatic heterocycles. The first-order valence-electron chi connectivity index (χ1n) is 20.2. The van der Waals surface area contributed by atoms with Crippen molar-refractivity contribution in [2.45, 2.75) is 111 Å². The normalized spacial score (nSPS) is 25.8. The highest BCUT2D eigenvalue weighted by atomic mass is 35.5. The van der Waals surface area contributed by atoms with Crippen molar-refractivity contribution in [2.24, 2.45) is 0 Å². The van der Waals surface area contributed by atoms with E-state index < -0.39 is 11.6 Å². The molecule has 4 fully saturated rings. The maximum Gasteiger partial charge on any atom is 0.227 e. The van der Waals surface area contributed by atoms with Gasteiger partial charge in [0, 0.05) is 42.8 Å². The molecule has 62 heavy (non-hydrogen) atoms. The summed E-state index contributed by atoms with van der Waals surface area (Å²) in [5.74, 6) is -0.990. The van der Waals surface area contributed by atoms with E-state index >= 15 is 0 Å². The molecule has 4 atom stereocenters. The molecule has 0 aromatic carbocycles. The predicted molar refractivity (Wildman–Crippen MR) is 245 cm³/mol. The second-order valence-electron chi connectivity index (χ2n) is 15.6. The van der Waals surface area contributed by atoms with Gasteiger partial charge in [0.05, 0.1) is 55.1 Å². The number of pyridine rings is 2. The van der Waals surface area contributed by atoms with Gasteiger partial charge in [0.15, 0.2) is 10.3 Å². The van der Waals surface area contributed by atoms with Gasteiger partial charge < -0.3 is 28.7 Å². The van der Waals surface area contributed by atoms with Gasteiger partial charge in [-0.25, -0.2) is 29.3 Å². The number of halogens is 4. The summed E-state index contributed by atoms with van der Waals surface area (Å²) in [5, 5.41) is 17.6. The number of ether oxygens (including phenoxy) is 4. The number of hydrogen-bond donors (Lipinski definition) is 0. The van der Waals surface area contributed by atoms with Crippen LogP contribution in [0.4, 0.5) is 22.3 Å². The molecule has 0 N–H and O–H groups in total. The Kier molecular flexibility index (Phi) is 12.5. The van der Waals surface area contributed by atoms with E-state index in [0.717, 1.165) is 72.5 Å². The van der Waals surface area contributed by atoms with Gasteiger partial charge >= 0.3 is 0 Å². The second-order valence-corrected chi connectivity index (χ2v) is 21.0. The van der Waals surface area contributed by atoms with Crippen molar-refractivity contribution >= 4 is 113 Å². The van der Waals surface area contributed by atoms with E-state index in [9.17, 15) is 0 Å². The van der Waals surface area contributed by atoms with Gasteiger partial charge in [-0.05, 0) is 71.5 Å². The van der Waals surface area contributed by atoms with Gasteiger partial charge in [0.2, 0.25) is 11.6 Å². The van der Waals surface area contributed by atoms with Crippen LogP contribution in [0, 0.1) is 0 Å². The number of nitrogens with zero attached hydrogens (tertiary/aromatic N) is 10. The van der Waals surface area contributed by atoms with E-state index in [4.69, 9.17) is 65.4 Å². The Labute approximate surface area is 393 Å². The molecule has 6 aromatic rings. The van der Waals surface area contributed by atoms with Crippen molar-refractivity contribution in [1.82, 2.24) is 39.5 Å². The second kappa shape index (κ2) is 17.9. The molecule has 326 valence electrons. The quantitative estimate of drug-likeness (QED) is 0.102. The Balaban J connectivity index is 0.908. The van der Waals surface area contributed by atoms with Crippen molar-refractivity contribution in [2.75, 3.05) is 23.9 Å². The summed E-state index contributed by atoms with van der Waals surface area (Å²) in [6.45, 7) is 0.450. The van der Waals surface area contributed by atoms with Crippen LogP contribution in [0.3, 0.4) is 0 Å². The average Bonchev–Trinajstić information content (AvgIpc) is 4.14. The van der Waals surface area contributed by atoms with Crippen LogP contribution < -0.4 is 9.80 Å². The Bertz CT molecular complexity index is 2320. The van der Waals surface area contributed by atoms with Gasteiger partial charge in [0.1, 0.15) is 42.4 Å². The number of rotatable bonds is 13. The zero-order chi connectivity index (χ0) is 42.6. The molecule has 2 saturated heterocycles. The lowest BCUT2D eigenvalue weighted by Gasteiger charge is -2.29. The minimum absolute atomic E-state index is 0.0629. The molecule has 0 amide bonds. The molecule has 0 spiro atoms.